The molecule has 1 amide bonds. The number of phenolic OH excluding ortho intramolecular Hbond substituents is 1. The molecule has 4 rings (SSSR count). The Hall–Kier alpha value is -4.00. The van der Waals surface area contributed by atoms with Crippen LogP contribution in [0.4, 0.5) is 5.69 Å². The van der Waals surface area contributed by atoms with Gasteiger partial charge in [-0.1, -0.05) is 19.9 Å². The zero-order valence-electron chi connectivity index (χ0n) is 20.5. The van der Waals surface area contributed by atoms with Crippen molar-refractivity contribution in [2.45, 2.75) is 46.6 Å². The van der Waals surface area contributed by atoms with Gasteiger partial charge in [0.2, 0.25) is 0 Å². The fourth-order valence-electron chi connectivity index (χ4n) is 4.37. The van der Waals surface area contributed by atoms with E-state index in [1.54, 1.807) is 49.4 Å². The van der Waals surface area contributed by atoms with Crippen LogP contribution in [0.1, 0.15) is 60.9 Å². The molecule has 0 bridgehead atoms. The monoisotopic (exact) mass is 475 g/mol. The van der Waals surface area contributed by atoms with Crippen molar-refractivity contribution < 1.29 is 29.0 Å². The average molecular weight is 476 g/mol. The summed E-state index contributed by atoms with van der Waals surface area (Å²) in [5.41, 5.74) is 2.11. The number of anilines is 1. The molecule has 2 N–H and O–H groups in total. The van der Waals surface area contributed by atoms with Crippen LogP contribution in [0.5, 0.6) is 11.5 Å². The van der Waals surface area contributed by atoms with Gasteiger partial charge in [0.05, 0.1) is 17.9 Å². The number of aryl methyl sites for hydroxylation is 2. The number of aromatic hydroxyl groups is 1. The molecule has 1 aliphatic heterocycles. The summed E-state index contributed by atoms with van der Waals surface area (Å²) in [6.07, 6.45) is 0. The largest absolute Gasteiger partial charge is 0.507 e. The van der Waals surface area contributed by atoms with E-state index in [0.717, 1.165) is 11.1 Å². The number of phenols is 1. The number of ketones is 1. The van der Waals surface area contributed by atoms with Gasteiger partial charge >= 0.3 is 0 Å². The molecular weight excluding hydrogens is 446 g/mol. The van der Waals surface area contributed by atoms with E-state index in [2.05, 4.69) is 0 Å². The minimum Gasteiger partial charge on any atom is -0.507 e. The zero-order valence-corrected chi connectivity index (χ0v) is 20.5. The summed E-state index contributed by atoms with van der Waals surface area (Å²) in [6, 6.07) is 12.3. The molecule has 0 spiro atoms. The van der Waals surface area contributed by atoms with Gasteiger partial charge in [0.1, 0.15) is 34.8 Å². The van der Waals surface area contributed by atoms with Crippen molar-refractivity contribution in [3.63, 3.8) is 0 Å². The van der Waals surface area contributed by atoms with E-state index in [-0.39, 0.29) is 28.7 Å². The summed E-state index contributed by atoms with van der Waals surface area (Å²) in [6.45, 7) is 9.97. The minimum absolute atomic E-state index is 0.0967. The Morgan fingerprint density at radius 2 is 1.83 bits per heavy atom. The molecule has 1 aromatic heterocycles. The van der Waals surface area contributed by atoms with Gasteiger partial charge < -0.3 is 19.4 Å². The number of carbonyl (C=O) groups is 2. The topological polar surface area (TPSA) is 100 Å². The molecule has 3 aromatic rings. The van der Waals surface area contributed by atoms with Crippen LogP contribution in [0.25, 0.3) is 5.76 Å². The lowest BCUT2D eigenvalue weighted by Gasteiger charge is -2.24. The van der Waals surface area contributed by atoms with Crippen LogP contribution in [-0.2, 0) is 9.59 Å². The Morgan fingerprint density at radius 1 is 1.09 bits per heavy atom. The van der Waals surface area contributed by atoms with E-state index in [1.165, 1.54) is 11.0 Å². The third-order valence-electron chi connectivity index (χ3n) is 6.07. The quantitative estimate of drug-likeness (QED) is 0.267. The SMILES string of the molecule is CCOc1ccc(/C(O)=C2/C(=O)C(=O)N(c3cc(C)ccc3O)C2c2ccc(C)o2)cc1C(C)C. The van der Waals surface area contributed by atoms with E-state index in [0.29, 0.717) is 29.4 Å². The molecule has 2 heterocycles. The Morgan fingerprint density at radius 3 is 2.46 bits per heavy atom. The lowest BCUT2D eigenvalue weighted by Crippen LogP contribution is -2.29. The Bertz CT molecular complexity index is 1330. The first kappa shape index (κ1) is 24.1. The lowest BCUT2D eigenvalue weighted by molar-refractivity contribution is -0.132. The fraction of sp³-hybridized carbons (Fsp3) is 0.286. The Balaban J connectivity index is 1.94. The highest BCUT2D eigenvalue weighted by atomic mass is 16.5. The predicted octanol–water partition coefficient (Wildman–Crippen LogP) is 5.75. The molecule has 7 heteroatoms. The maximum Gasteiger partial charge on any atom is 0.300 e. The number of ether oxygens (including phenoxy) is 1. The van der Waals surface area contributed by atoms with E-state index >= 15 is 0 Å². The first-order valence-corrected chi connectivity index (χ1v) is 11.6. The van der Waals surface area contributed by atoms with Gasteiger partial charge in [-0.25, -0.2) is 0 Å². The summed E-state index contributed by atoms with van der Waals surface area (Å²) >= 11 is 0. The van der Waals surface area contributed by atoms with Gasteiger partial charge in [-0.15, -0.1) is 0 Å². The molecular formula is C28H29NO6. The highest BCUT2D eigenvalue weighted by Gasteiger charge is 2.49. The molecule has 2 aromatic carbocycles. The van der Waals surface area contributed by atoms with Crippen molar-refractivity contribution in [2.75, 3.05) is 11.5 Å². The maximum atomic E-state index is 13.3. The number of furan rings is 1. The van der Waals surface area contributed by atoms with Crippen molar-refractivity contribution in [1.29, 1.82) is 0 Å². The van der Waals surface area contributed by atoms with Crippen molar-refractivity contribution >= 4 is 23.1 Å². The van der Waals surface area contributed by atoms with E-state index in [4.69, 9.17) is 9.15 Å². The molecule has 1 saturated heterocycles. The number of hydrogen-bond acceptors (Lipinski definition) is 6. The summed E-state index contributed by atoms with van der Waals surface area (Å²) in [5, 5.41) is 22.0. The van der Waals surface area contributed by atoms with Crippen LogP contribution in [-0.4, -0.2) is 28.5 Å². The molecule has 1 unspecified atom stereocenters. The van der Waals surface area contributed by atoms with Gasteiger partial charge in [0.15, 0.2) is 0 Å². The van der Waals surface area contributed by atoms with Gasteiger partial charge in [-0.2, -0.15) is 0 Å². The molecule has 1 aliphatic rings. The average Bonchev–Trinajstić information content (AvgIpc) is 3.36. The van der Waals surface area contributed by atoms with E-state index in [1.807, 2.05) is 27.7 Å². The molecule has 182 valence electrons. The number of nitrogens with zero attached hydrogens (tertiary/aromatic N) is 1. The number of aliphatic hydroxyl groups excluding tert-OH is 1. The van der Waals surface area contributed by atoms with Crippen LogP contribution >= 0.6 is 0 Å². The summed E-state index contributed by atoms with van der Waals surface area (Å²) in [7, 11) is 0. The molecule has 1 atom stereocenters. The van der Waals surface area contributed by atoms with Crippen molar-refractivity contribution in [2.24, 2.45) is 0 Å². The number of rotatable bonds is 6. The second-order valence-electron chi connectivity index (χ2n) is 8.95. The van der Waals surface area contributed by atoms with E-state index < -0.39 is 17.7 Å². The smallest absolute Gasteiger partial charge is 0.300 e. The van der Waals surface area contributed by atoms with Crippen molar-refractivity contribution in [3.05, 3.63) is 82.3 Å². The molecule has 7 nitrogen and oxygen atoms in total. The normalized spacial score (nSPS) is 17.4. The van der Waals surface area contributed by atoms with Gasteiger partial charge in [0.25, 0.3) is 11.7 Å². The molecule has 0 radical (unpaired) electrons. The highest BCUT2D eigenvalue weighted by molar-refractivity contribution is 6.51. The van der Waals surface area contributed by atoms with Gasteiger partial charge in [-0.3, -0.25) is 14.5 Å². The van der Waals surface area contributed by atoms with Crippen LogP contribution < -0.4 is 9.64 Å². The Labute approximate surface area is 204 Å². The van der Waals surface area contributed by atoms with Gasteiger partial charge in [0, 0.05) is 5.56 Å². The van der Waals surface area contributed by atoms with Crippen LogP contribution in [0.2, 0.25) is 0 Å². The first-order chi connectivity index (χ1) is 16.6. The molecule has 1 fully saturated rings. The summed E-state index contributed by atoms with van der Waals surface area (Å²) in [5.74, 6) is -0.511. The highest BCUT2D eigenvalue weighted by Crippen LogP contribution is 2.45. The maximum absolute atomic E-state index is 13.3. The molecule has 0 saturated carbocycles. The van der Waals surface area contributed by atoms with Crippen molar-refractivity contribution in [3.8, 4) is 11.5 Å². The second-order valence-corrected chi connectivity index (χ2v) is 8.95. The zero-order chi connectivity index (χ0) is 25.4. The standard InChI is InChI=1S/C28H29NO6/c1-6-34-22-12-9-18(14-19(22)15(2)3)26(31)24-25(23-11-8-17(5)35-23)29(28(33)27(24)32)20-13-16(4)7-10-21(20)30/h7-15,25,30-31H,6H2,1-5H3/b26-24-. The third-order valence-corrected chi connectivity index (χ3v) is 6.07. The van der Waals surface area contributed by atoms with Crippen LogP contribution in [0.3, 0.4) is 0 Å². The lowest BCUT2D eigenvalue weighted by atomic mass is 9.95. The van der Waals surface area contributed by atoms with E-state index in [9.17, 15) is 19.8 Å². The number of Topliss-reactive ketones (excluding diaryl/α,β-unsaturated/α-hetero) is 1. The van der Waals surface area contributed by atoms with Crippen LogP contribution in [0, 0.1) is 13.8 Å². The second kappa shape index (κ2) is 9.33. The number of aliphatic hydroxyl groups is 1. The predicted molar refractivity (Wildman–Crippen MR) is 133 cm³/mol. The number of hydrogen-bond donors (Lipinski definition) is 2. The van der Waals surface area contributed by atoms with Crippen molar-refractivity contribution in [1.82, 2.24) is 0 Å². The number of benzene rings is 2. The number of amides is 1. The summed E-state index contributed by atoms with van der Waals surface area (Å²) < 4.78 is 11.5. The minimum atomic E-state index is -1.05. The third kappa shape index (κ3) is 4.30. The fourth-order valence-corrected chi connectivity index (χ4v) is 4.37. The Kier molecular flexibility index (Phi) is 6.43. The molecule has 0 aliphatic carbocycles. The number of carbonyl (C=O) groups excluding carboxylic acids is 2. The summed E-state index contributed by atoms with van der Waals surface area (Å²) in [4.78, 5) is 27.8. The first-order valence-electron chi connectivity index (χ1n) is 11.6. The molecule has 35 heavy (non-hydrogen) atoms. The van der Waals surface area contributed by atoms with Gasteiger partial charge in [-0.05, 0) is 80.3 Å². The van der Waals surface area contributed by atoms with Crippen LogP contribution in [0.15, 0.2) is 58.5 Å².